The third-order valence-electron chi connectivity index (χ3n) is 4.69. The number of halogens is 1. The van der Waals surface area contributed by atoms with Gasteiger partial charge in [0.15, 0.2) is 5.16 Å². The lowest BCUT2D eigenvalue weighted by molar-refractivity contribution is -0.116. The summed E-state index contributed by atoms with van der Waals surface area (Å²) in [6.45, 7) is 0.739. The molecule has 2 aromatic carbocycles. The zero-order valence-corrected chi connectivity index (χ0v) is 17.3. The van der Waals surface area contributed by atoms with Gasteiger partial charge in [-0.2, -0.15) is 0 Å². The number of hydrogen-bond donors (Lipinski definition) is 0. The first-order valence-corrected chi connectivity index (χ1v) is 10.5. The van der Waals surface area contributed by atoms with E-state index in [4.69, 9.17) is 0 Å². The molecule has 0 spiro atoms. The van der Waals surface area contributed by atoms with E-state index in [9.17, 15) is 4.79 Å². The van der Waals surface area contributed by atoms with E-state index in [2.05, 4.69) is 44.3 Å². The summed E-state index contributed by atoms with van der Waals surface area (Å²) in [5.74, 6) is 1.36. The van der Waals surface area contributed by atoms with Crippen LogP contribution in [0.25, 0.3) is 0 Å². The van der Waals surface area contributed by atoms with Gasteiger partial charge >= 0.3 is 0 Å². The maximum Gasteiger partial charge on any atom is 0.237 e. The first-order chi connectivity index (χ1) is 13.1. The molecule has 1 aliphatic rings. The Morgan fingerprint density at radius 1 is 1.19 bits per heavy atom. The van der Waals surface area contributed by atoms with Crippen LogP contribution in [0.15, 0.2) is 58.2 Å². The lowest BCUT2D eigenvalue weighted by Gasteiger charge is -2.17. The Kier molecular flexibility index (Phi) is 5.31. The van der Waals surface area contributed by atoms with Crippen LogP contribution in [0, 0.1) is 0 Å². The molecule has 1 amide bonds. The van der Waals surface area contributed by atoms with Crippen LogP contribution in [0.5, 0.6) is 0 Å². The molecule has 1 aliphatic heterocycles. The van der Waals surface area contributed by atoms with E-state index in [-0.39, 0.29) is 5.91 Å². The Morgan fingerprint density at radius 3 is 2.81 bits per heavy atom. The van der Waals surface area contributed by atoms with Crippen molar-refractivity contribution in [3.8, 4) is 0 Å². The van der Waals surface area contributed by atoms with Crippen LogP contribution >= 0.6 is 27.7 Å². The lowest BCUT2D eigenvalue weighted by atomic mass is 10.1. The molecular weight excluding hydrogens is 424 g/mol. The van der Waals surface area contributed by atoms with Crippen molar-refractivity contribution in [3.63, 3.8) is 0 Å². The van der Waals surface area contributed by atoms with Crippen LogP contribution in [0.4, 0.5) is 5.69 Å². The quantitative estimate of drug-likeness (QED) is 0.563. The molecule has 0 radical (unpaired) electrons. The molecule has 138 valence electrons. The third-order valence-corrected chi connectivity index (χ3v) is 6.19. The van der Waals surface area contributed by atoms with Crippen molar-refractivity contribution in [1.82, 2.24) is 14.8 Å². The fourth-order valence-electron chi connectivity index (χ4n) is 3.24. The van der Waals surface area contributed by atoms with E-state index in [0.717, 1.165) is 40.5 Å². The van der Waals surface area contributed by atoms with Gasteiger partial charge in [-0.25, -0.2) is 0 Å². The summed E-state index contributed by atoms with van der Waals surface area (Å²) in [5.41, 5.74) is 3.43. The largest absolute Gasteiger partial charge is 0.311 e. The van der Waals surface area contributed by atoms with Gasteiger partial charge in [-0.3, -0.25) is 4.79 Å². The Morgan fingerprint density at radius 2 is 2.00 bits per heavy atom. The van der Waals surface area contributed by atoms with Crippen molar-refractivity contribution >= 4 is 39.3 Å². The van der Waals surface area contributed by atoms with E-state index in [1.807, 2.05) is 46.8 Å². The summed E-state index contributed by atoms with van der Waals surface area (Å²) in [7, 11) is 1.95. The molecule has 27 heavy (non-hydrogen) atoms. The van der Waals surface area contributed by atoms with Crippen LogP contribution < -0.4 is 4.90 Å². The summed E-state index contributed by atoms with van der Waals surface area (Å²) in [6, 6.07) is 16.3. The normalized spacial score (nSPS) is 13.0. The van der Waals surface area contributed by atoms with Crippen molar-refractivity contribution < 1.29 is 4.79 Å². The van der Waals surface area contributed by atoms with Crippen molar-refractivity contribution in [3.05, 3.63) is 70.0 Å². The van der Waals surface area contributed by atoms with Gasteiger partial charge in [-0.05, 0) is 35.7 Å². The number of aromatic nitrogens is 3. The van der Waals surface area contributed by atoms with Gasteiger partial charge < -0.3 is 9.47 Å². The second-order valence-corrected chi connectivity index (χ2v) is 8.34. The van der Waals surface area contributed by atoms with E-state index in [0.29, 0.717) is 5.75 Å². The molecule has 2 heterocycles. The Hall–Kier alpha value is -2.12. The highest BCUT2D eigenvalue weighted by Gasteiger charge is 2.25. The number of hydrogen-bond acceptors (Lipinski definition) is 4. The number of anilines is 1. The molecule has 0 fully saturated rings. The summed E-state index contributed by atoms with van der Waals surface area (Å²) < 4.78 is 3.02. The van der Waals surface area contributed by atoms with Crippen molar-refractivity contribution in [2.75, 3.05) is 17.2 Å². The van der Waals surface area contributed by atoms with Crippen LogP contribution in [0.3, 0.4) is 0 Å². The Bertz CT molecular complexity index is 973. The van der Waals surface area contributed by atoms with Crippen molar-refractivity contribution in [2.45, 2.75) is 18.0 Å². The summed E-state index contributed by atoms with van der Waals surface area (Å²) in [6.07, 6.45) is 1.63. The predicted molar refractivity (Wildman–Crippen MR) is 111 cm³/mol. The molecule has 0 unspecified atom stereocenters. The average Bonchev–Trinajstić information content (AvgIpc) is 3.24. The van der Waals surface area contributed by atoms with Gasteiger partial charge in [0.05, 0.1) is 5.75 Å². The second kappa shape index (κ2) is 7.86. The number of amides is 1. The molecule has 0 N–H and O–H groups in total. The fourth-order valence-corrected chi connectivity index (χ4v) is 4.45. The minimum absolute atomic E-state index is 0.105. The minimum Gasteiger partial charge on any atom is -0.311 e. The van der Waals surface area contributed by atoms with Gasteiger partial charge in [0, 0.05) is 30.2 Å². The number of fused-ring (bicyclic) bond motifs is 1. The Labute approximate surface area is 170 Å². The minimum atomic E-state index is 0.105. The highest BCUT2D eigenvalue weighted by molar-refractivity contribution is 9.10. The topological polar surface area (TPSA) is 51.0 Å². The molecule has 0 saturated heterocycles. The summed E-state index contributed by atoms with van der Waals surface area (Å²) in [4.78, 5) is 14.6. The maximum absolute atomic E-state index is 12.7. The molecule has 4 rings (SSSR count). The van der Waals surface area contributed by atoms with Crippen molar-refractivity contribution in [1.29, 1.82) is 0 Å². The van der Waals surface area contributed by atoms with Crippen LogP contribution in [0.2, 0.25) is 0 Å². The number of thioether (sulfide) groups is 1. The molecule has 0 atom stereocenters. The maximum atomic E-state index is 12.7. The third kappa shape index (κ3) is 3.94. The molecule has 7 heteroatoms. The highest BCUT2D eigenvalue weighted by Crippen LogP contribution is 2.31. The van der Waals surface area contributed by atoms with Gasteiger partial charge in [0.25, 0.3) is 0 Å². The average molecular weight is 443 g/mol. The number of carbonyl (C=O) groups is 1. The first kappa shape index (κ1) is 18.3. The summed E-state index contributed by atoms with van der Waals surface area (Å²) >= 11 is 4.93. The van der Waals surface area contributed by atoms with E-state index in [1.54, 1.807) is 0 Å². The van der Waals surface area contributed by atoms with Crippen LogP contribution in [0.1, 0.15) is 17.0 Å². The molecular formula is C20H19BrN4OS. The van der Waals surface area contributed by atoms with Crippen LogP contribution in [-0.2, 0) is 24.7 Å². The van der Waals surface area contributed by atoms with E-state index in [1.165, 1.54) is 22.9 Å². The lowest BCUT2D eigenvalue weighted by Crippen LogP contribution is -2.30. The molecule has 5 nitrogen and oxygen atoms in total. The van der Waals surface area contributed by atoms with E-state index >= 15 is 0 Å². The highest BCUT2D eigenvalue weighted by atomic mass is 79.9. The van der Waals surface area contributed by atoms with E-state index < -0.39 is 0 Å². The molecule has 0 aliphatic carbocycles. The number of rotatable bonds is 5. The zero-order valence-electron chi connectivity index (χ0n) is 14.9. The first-order valence-electron chi connectivity index (χ1n) is 8.75. The molecule has 0 saturated carbocycles. The van der Waals surface area contributed by atoms with Gasteiger partial charge in [-0.1, -0.05) is 58.0 Å². The van der Waals surface area contributed by atoms with Gasteiger partial charge in [-0.15, -0.1) is 10.2 Å². The predicted octanol–water partition coefficient (Wildman–Crippen LogP) is 3.85. The zero-order chi connectivity index (χ0) is 18.8. The van der Waals surface area contributed by atoms with Gasteiger partial charge in [0.1, 0.15) is 5.82 Å². The Balaban J connectivity index is 1.40. The smallest absolute Gasteiger partial charge is 0.237 e. The molecule has 3 aromatic rings. The van der Waals surface area contributed by atoms with Crippen LogP contribution in [-0.4, -0.2) is 33.0 Å². The second-order valence-electron chi connectivity index (χ2n) is 6.48. The molecule has 1 aromatic heterocycles. The molecule has 0 bridgehead atoms. The number of nitrogens with zero attached hydrogens (tertiary/aromatic N) is 4. The van der Waals surface area contributed by atoms with Crippen molar-refractivity contribution in [2.24, 2.45) is 7.05 Å². The number of carbonyl (C=O) groups excluding carboxylic acids is 1. The van der Waals surface area contributed by atoms with Gasteiger partial charge in [0.2, 0.25) is 5.91 Å². The SMILES string of the molecule is Cn1c(Cc2ccccc2)nnc1SCC(=O)N1CCc2cc(Br)ccc21. The fraction of sp³-hybridized carbons (Fsp3) is 0.250. The standard InChI is InChI=1S/C20H19BrN4OS/c1-24-18(11-14-5-3-2-4-6-14)22-23-20(24)27-13-19(26)25-10-9-15-12-16(21)7-8-17(15)25/h2-8,12H,9-11,13H2,1H3. The monoisotopic (exact) mass is 442 g/mol. The summed E-state index contributed by atoms with van der Waals surface area (Å²) in [5, 5.41) is 9.33. The number of benzene rings is 2.